The van der Waals surface area contributed by atoms with Crippen LogP contribution in [0.3, 0.4) is 0 Å². The van der Waals surface area contributed by atoms with Gasteiger partial charge in [0.1, 0.15) is 0 Å². The molecule has 0 saturated carbocycles. The van der Waals surface area contributed by atoms with Crippen molar-refractivity contribution in [3.63, 3.8) is 0 Å². The second-order valence-corrected chi connectivity index (χ2v) is 11.4. The number of hydrogen-bond donors (Lipinski definition) is 2. The fourth-order valence-corrected chi connectivity index (χ4v) is 5.31. The summed E-state index contributed by atoms with van der Waals surface area (Å²) in [4.78, 5) is 28.1. The number of thioether (sulfide) groups is 2. The predicted octanol–water partition coefficient (Wildman–Crippen LogP) is 3.15. The smallest absolute Gasteiger partial charge is 0.250 e. The van der Waals surface area contributed by atoms with E-state index < -0.39 is 0 Å². The molecule has 0 bridgehead atoms. The van der Waals surface area contributed by atoms with Crippen molar-refractivity contribution in [2.45, 2.75) is 8.68 Å². The largest absolute Gasteiger partial charge is 0.378 e. The minimum atomic E-state index is -0.246. The van der Waals surface area contributed by atoms with Crippen molar-refractivity contribution in [2.75, 3.05) is 49.5 Å². The van der Waals surface area contributed by atoms with Gasteiger partial charge in [-0.2, -0.15) is 10.2 Å². The van der Waals surface area contributed by atoms with Crippen molar-refractivity contribution in [3.05, 3.63) is 59.7 Å². The van der Waals surface area contributed by atoms with Crippen molar-refractivity contribution in [3.8, 4) is 0 Å². The van der Waals surface area contributed by atoms with Crippen LogP contribution in [0.2, 0.25) is 0 Å². The number of hydrogen-bond acceptors (Lipinski definition) is 11. The standard InChI is InChI=1S/C24H28N8O2S3/c1-31(2)19-9-5-17(6-10-19)13-25-27-21(33)15-35-23-29-30-24(37-23)36-16-22(34)28-26-14-18-7-11-20(12-8-18)32(3)4/h5-14H,15-16H2,1-4H3,(H,27,33)(H,28,34)/b25-13-,26-14-. The van der Waals surface area contributed by atoms with Crippen LogP contribution in [-0.4, -0.2) is 74.1 Å². The van der Waals surface area contributed by atoms with E-state index >= 15 is 0 Å². The molecule has 0 spiro atoms. The fraction of sp³-hybridized carbons (Fsp3) is 0.250. The normalized spacial score (nSPS) is 11.1. The van der Waals surface area contributed by atoms with E-state index in [-0.39, 0.29) is 23.3 Å². The number of rotatable bonds is 12. The van der Waals surface area contributed by atoms with Crippen molar-refractivity contribution in [2.24, 2.45) is 10.2 Å². The molecule has 0 radical (unpaired) electrons. The molecule has 3 aromatic rings. The first-order valence-electron chi connectivity index (χ1n) is 11.1. The van der Waals surface area contributed by atoms with Crippen molar-refractivity contribution in [1.29, 1.82) is 0 Å². The highest BCUT2D eigenvalue weighted by molar-refractivity contribution is 8.03. The Balaban J connectivity index is 1.34. The fourth-order valence-electron chi connectivity index (χ4n) is 2.71. The van der Waals surface area contributed by atoms with Gasteiger partial charge < -0.3 is 9.80 Å². The second kappa shape index (κ2) is 14.4. The molecule has 13 heteroatoms. The Labute approximate surface area is 228 Å². The van der Waals surface area contributed by atoms with Crippen LogP contribution in [0.1, 0.15) is 11.1 Å². The number of nitrogens with one attached hydrogen (secondary N) is 2. The Hall–Kier alpha value is -3.42. The molecule has 194 valence electrons. The first kappa shape index (κ1) is 28.2. The van der Waals surface area contributed by atoms with Gasteiger partial charge in [0.05, 0.1) is 23.9 Å². The van der Waals surface area contributed by atoms with Crippen LogP contribution in [0.25, 0.3) is 0 Å². The lowest BCUT2D eigenvalue weighted by Gasteiger charge is -2.11. The minimum Gasteiger partial charge on any atom is -0.378 e. The Morgan fingerprint density at radius 2 is 1.14 bits per heavy atom. The average molecular weight is 557 g/mol. The van der Waals surface area contributed by atoms with E-state index in [9.17, 15) is 9.59 Å². The molecule has 0 saturated heterocycles. The maximum Gasteiger partial charge on any atom is 0.250 e. The molecule has 1 aromatic heterocycles. The summed E-state index contributed by atoms with van der Waals surface area (Å²) in [7, 11) is 7.89. The Kier molecular flexibility index (Phi) is 10.9. The van der Waals surface area contributed by atoms with Gasteiger partial charge in [0.25, 0.3) is 11.8 Å². The van der Waals surface area contributed by atoms with Crippen molar-refractivity contribution >= 4 is 70.5 Å². The monoisotopic (exact) mass is 556 g/mol. The summed E-state index contributed by atoms with van der Waals surface area (Å²) in [5.74, 6) is -0.185. The highest BCUT2D eigenvalue weighted by Crippen LogP contribution is 2.28. The van der Waals surface area contributed by atoms with E-state index in [0.29, 0.717) is 8.68 Å². The van der Waals surface area contributed by atoms with Crippen LogP contribution < -0.4 is 20.7 Å². The van der Waals surface area contributed by atoms with Crippen molar-refractivity contribution < 1.29 is 9.59 Å². The molecule has 0 fully saturated rings. The van der Waals surface area contributed by atoms with E-state index in [1.807, 2.05) is 86.5 Å². The molecule has 0 aliphatic heterocycles. The van der Waals surface area contributed by atoms with E-state index in [4.69, 9.17) is 0 Å². The van der Waals surface area contributed by atoms with E-state index in [0.717, 1.165) is 22.5 Å². The molecule has 3 rings (SSSR count). The highest BCUT2D eigenvalue weighted by Gasteiger charge is 2.10. The lowest BCUT2D eigenvalue weighted by atomic mass is 10.2. The van der Waals surface area contributed by atoms with Gasteiger partial charge >= 0.3 is 0 Å². The lowest BCUT2D eigenvalue weighted by Crippen LogP contribution is -2.19. The zero-order valence-corrected chi connectivity index (χ0v) is 23.4. The zero-order valence-electron chi connectivity index (χ0n) is 20.9. The van der Waals surface area contributed by atoms with Crippen LogP contribution in [0, 0.1) is 0 Å². The zero-order chi connectivity index (χ0) is 26.6. The van der Waals surface area contributed by atoms with Crippen LogP contribution in [0.4, 0.5) is 11.4 Å². The van der Waals surface area contributed by atoms with Gasteiger partial charge in [-0.3, -0.25) is 9.59 Å². The first-order valence-corrected chi connectivity index (χ1v) is 13.9. The van der Waals surface area contributed by atoms with Gasteiger partial charge in [0.15, 0.2) is 8.68 Å². The maximum absolute atomic E-state index is 12.1. The molecule has 0 aliphatic rings. The first-order chi connectivity index (χ1) is 17.8. The Bertz CT molecular complexity index is 1130. The Morgan fingerprint density at radius 1 is 0.757 bits per heavy atom. The Morgan fingerprint density at radius 3 is 1.49 bits per heavy atom. The average Bonchev–Trinajstić information content (AvgIpc) is 3.35. The van der Waals surface area contributed by atoms with Crippen molar-refractivity contribution in [1.82, 2.24) is 21.0 Å². The molecular weight excluding hydrogens is 529 g/mol. The predicted molar refractivity (Wildman–Crippen MR) is 154 cm³/mol. The number of carbonyl (C=O) groups is 2. The summed E-state index contributed by atoms with van der Waals surface area (Å²) < 4.78 is 1.28. The number of aromatic nitrogens is 2. The molecule has 10 nitrogen and oxygen atoms in total. The van der Waals surface area contributed by atoms with E-state index in [1.54, 1.807) is 12.4 Å². The number of anilines is 2. The molecular formula is C24H28N8O2S3. The van der Waals surface area contributed by atoms with Crippen LogP contribution >= 0.6 is 34.9 Å². The molecule has 0 atom stereocenters. The van der Waals surface area contributed by atoms with Gasteiger partial charge in [-0.05, 0) is 35.4 Å². The number of hydrazone groups is 2. The summed E-state index contributed by atoms with van der Waals surface area (Å²) in [6.07, 6.45) is 3.19. The summed E-state index contributed by atoms with van der Waals surface area (Å²) in [6.45, 7) is 0. The van der Waals surface area contributed by atoms with E-state index in [2.05, 4.69) is 31.3 Å². The third-order valence-electron chi connectivity index (χ3n) is 4.67. The molecule has 0 aliphatic carbocycles. The number of carbonyl (C=O) groups excluding carboxylic acids is 2. The summed E-state index contributed by atoms with van der Waals surface area (Å²) >= 11 is 3.85. The quantitative estimate of drug-likeness (QED) is 0.199. The minimum absolute atomic E-state index is 0.154. The molecule has 1 heterocycles. The topological polar surface area (TPSA) is 115 Å². The van der Waals surface area contributed by atoms with Crippen LogP contribution in [-0.2, 0) is 9.59 Å². The van der Waals surface area contributed by atoms with Gasteiger partial charge in [-0.15, -0.1) is 10.2 Å². The van der Waals surface area contributed by atoms with Crippen LogP contribution in [0.15, 0.2) is 67.4 Å². The number of nitrogens with zero attached hydrogens (tertiary/aromatic N) is 6. The van der Waals surface area contributed by atoms with Crippen LogP contribution in [0.5, 0.6) is 0 Å². The SMILES string of the molecule is CN(C)c1ccc(/C=N\NC(=O)CSc2nnc(SCC(=O)N/N=C\c3ccc(N(C)C)cc3)s2)cc1. The summed E-state index contributed by atoms with van der Waals surface area (Å²) in [6, 6.07) is 15.6. The second-order valence-electron chi connectivity index (χ2n) is 7.97. The molecule has 2 amide bonds. The number of amides is 2. The molecule has 2 aromatic carbocycles. The lowest BCUT2D eigenvalue weighted by molar-refractivity contribution is -0.119. The highest BCUT2D eigenvalue weighted by atomic mass is 32.2. The summed E-state index contributed by atoms with van der Waals surface area (Å²) in [5.41, 5.74) is 8.96. The summed E-state index contributed by atoms with van der Waals surface area (Å²) in [5, 5.41) is 16.1. The maximum atomic E-state index is 12.1. The molecule has 0 unspecified atom stereocenters. The molecule has 2 N–H and O–H groups in total. The third kappa shape index (κ3) is 9.86. The van der Waals surface area contributed by atoms with E-state index in [1.165, 1.54) is 34.9 Å². The van der Waals surface area contributed by atoms with Gasteiger partial charge in [-0.25, -0.2) is 10.9 Å². The van der Waals surface area contributed by atoms with Gasteiger partial charge in [0.2, 0.25) is 0 Å². The van der Waals surface area contributed by atoms with Gasteiger partial charge in [0, 0.05) is 39.6 Å². The van der Waals surface area contributed by atoms with Gasteiger partial charge in [-0.1, -0.05) is 59.1 Å². The third-order valence-corrected chi connectivity index (χ3v) is 7.86. The number of benzene rings is 2. The molecule has 37 heavy (non-hydrogen) atoms.